The van der Waals surface area contributed by atoms with Crippen molar-refractivity contribution in [3.05, 3.63) is 54.5 Å². The molecule has 1 N–H and O–H groups in total. The lowest BCUT2D eigenvalue weighted by atomic mass is 10.0. The van der Waals surface area contributed by atoms with Crippen molar-refractivity contribution in [2.45, 2.75) is 12.3 Å². The van der Waals surface area contributed by atoms with Crippen molar-refractivity contribution in [2.24, 2.45) is 0 Å². The molecule has 4 heteroatoms. The fraction of sp³-hybridized carbons (Fsp3) is 0.250. The van der Waals surface area contributed by atoms with Gasteiger partial charge in [0.15, 0.2) is 0 Å². The second-order valence-electron chi connectivity index (χ2n) is 5.23. The van der Waals surface area contributed by atoms with Crippen LogP contribution in [0.5, 0.6) is 0 Å². The van der Waals surface area contributed by atoms with Crippen LogP contribution in [0.3, 0.4) is 0 Å². The zero-order chi connectivity index (χ0) is 13.4. The van der Waals surface area contributed by atoms with E-state index < -0.39 is 0 Å². The molecule has 1 aliphatic heterocycles. The number of rotatable bonds is 2. The normalized spacial score (nSPS) is 18.7. The molecule has 4 nitrogen and oxygen atoms in total. The van der Waals surface area contributed by atoms with Crippen LogP contribution in [0.2, 0.25) is 0 Å². The Morgan fingerprint density at radius 1 is 1.15 bits per heavy atom. The van der Waals surface area contributed by atoms with Gasteiger partial charge in [-0.2, -0.15) is 5.10 Å². The number of hydrogen-bond donors (Lipinski definition) is 1. The molecule has 0 amide bonds. The van der Waals surface area contributed by atoms with Crippen LogP contribution < -0.4 is 5.32 Å². The molecule has 0 aromatic carbocycles. The second kappa shape index (κ2) is 4.72. The minimum Gasteiger partial charge on any atom is -0.316 e. The number of nitrogens with one attached hydrogen (secondary N) is 1. The van der Waals surface area contributed by atoms with Gasteiger partial charge in [-0.15, -0.1) is 0 Å². The van der Waals surface area contributed by atoms with Crippen molar-refractivity contribution in [1.82, 2.24) is 19.9 Å². The summed E-state index contributed by atoms with van der Waals surface area (Å²) in [5, 5.41) is 7.78. The molecule has 4 heterocycles. The fourth-order valence-corrected chi connectivity index (χ4v) is 2.87. The largest absolute Gasteiger partial charge is 0.316 e. The standard InChI is InChI=1S/C16H16N4/c1-2-9-20-16(6-1)13(11-18-20)15-5-3-4-14(19-15)12-7-8-17-10-12/h1-6,9,11-12,17H,7-8,10H2. The first kappa shape index (κ1) is 11.6. The summed E-state index contributed by atoms with van der Waals surface area (Å²) < 4.78 is 1.89. The van der Waals surface area contributed by atoms with Crippen molar-refractivity contribution in [3.63, 3.8) is 0 Å². The SMILES string of the molecule is c1cc(-c2cnn3ccccc23)nc(C2CCNC2)c1. The number of hydrogen-bond acceptors (Lipinski definition) is 3. The first-order valence-corrected chi connectivity index (χ1v) is 7.02. The number of aromatic nitrogens is 3. The molecular formula is C16H16N4. The highest BCUT2D eigenvalue weighted by Crippen LogP contribution is 2.26. The molecule has 0 bridgehead atoms. The molecule has 1 saturated heterocycles. The van der Waals surface area contributed by atoms with Crippen molar-refractivity contribution < 1.29 is 0 Å². The Hall–Kier alpha value is -2.20. The van der Waals surface area contributed by atoms with Crippen LogP contribution in [0.25, 0.3) is 16.8 Å². The van der Waals surface area contributed by atoms with E-state index in [-0.39, 0.29) is 0 Å². The van der Waals surface area contributed by atoms with Gasteiger partial charge in [0.25, 0.3) is 0 Å². The third-order valence-electron chi connectivity index (χ3n) is 3.95. The Morgan fingerprint density at radius 2 is 2.15 bits per heavy atom. The minimum absolute atomic E-state index is 0.539. The Kier molecular flexibility index (Phi) is 2.74. The maximum atomic E-state index is 4.85. The van der Waals surface area contributed by atoms with Gasteiger partial charge >= 0.3 is 0 Å². The molecule has 1 aliphatic rings. The molecule has 4 rings (SSSR count). The molecule has 1 fully saturated rings. The highest BCUT2D eigenvalue weighted by Gasteiger charge is 2.18. The van der Waals surface area contributed by atoms with E-state index in [2.05, 4.69) is 34.7 Å². The predicted octanol–water partition coefficient (Wildman–Crippen LogP) is 2.47. The summed E-state index contributed by atoms with van der Waals surface area (Å²) in [4.78, 5) is 4.85. The molecule has 3 aromatic rings. The maximum absolute atomic E-state index is 4.85. The van der Waals surface area contributed by atoms with Gasteiger partial charge in [-0.1, -0.05) is 12.1 Å². The topological polar surface area (TPSA) is 42.2 Å². The average Bonchev–Trinajstić information content (AvgIpc) is 3.17. The van der Waals surface area contributed by atoms with Crippen molar-refractivity contribution in [2.75, 3.05) is 13.1 Å². The van der Waals surface area contributed by atoms with Gasteiger partial charge in [0.05, 0.1) is 17.4 Å². The summed E-state index contributed by atoms with van der Waals surface area (Å²) in [7, 11) is 0. The van der Waals surface area contributed by atoms with Gasteiger partial charge in [0.1, 0.15) is 0 Å². The van der Waals surface area contributed by atoms with Crippen molar-refractivity contribution in [3.8, 4) is 11.3 Å². The second-order valence-corrected chi connectivity index (χ2v) is 5.23. The Labute approximate surface area is 117 Å². The monoisotopic (exact) mass is 264 g/mol. The van der Waals surface area contributed by atoms with E-state index in [0.717, 1.165) is 29.9 Å². The van der Waals surface area contributed by atoms with Gasteiger partial charge in [-0.05, 0) is 37.2 Å². The third-order valence-corrected chi connectivity index (χ3v) is 3.95. The van der Waals surface area contributed by atoms with Gasteiger partial charge in [-0.25, -0.2) is 4.52 Å². The molecule has 0 aliphatic carbocycles. The molecule has 0 spiro atoms. The summed E-state index contributed by atoms with van der Waals surface area (Å²) in [6.07, 6.45) is 5.03. The first-order chi connectivity index (χ1) is 9.92. The zero-order valence-electron chi connectivity index (χ0n) is 11.2. The smallest absolute Gasteiger partial charge is 0.0755 e. The predicted molar refractivity (Wildman–Crippen MR) is 78.7 cm³/mol. The van der Waals surface area contributed by atoms with Crippen molar-refractivity contribution in [1.29, 1.82) is 0 Å². The summed E-state index contributed by atoms with van der Waals surface area (Å²) in [6, 6.07) is 12.4. The molecule has 3 aromatic heterocycles. The maximum Gasteiger partial charge on any atom is 0.0755 e. The molecule has 1 unspecified atom stereocenters. The fourth-order valence-electron chi connectivity index (χ4n) is 2.87. The van der Waals surface area contributed by atoms with Crippen LogP contribution in [0.4, 0.5) is 0 Å². The minimum atomic E-state index is 0.539. The highest BCUT2D eigenvalue weighted by molar-refractivity contribution is 5.77. The quantitative estimate of drug-likeness (QED) is 0.773. The Balaban J connectivity index is 1.80. The van der Waals surface area contributed by atoms with E-state index >= 15 is 0 Å². The van der Waals surface area contributed by atoms with E-state index in [0.29, 0.717) is 5.92 Å². The van der Waals surface area contributed by atoms with E-state index in [1.54, 1.807) is 0 Å². The van der Waals surface area contributed by atoms with Crippen LogP contribution in [-0.4, -0.2) is 27.7 Å². The van der Waals surface area contributed by atoms with E-state index in [4.69, 9.17) is 4.98 Å². The van der Waals surface area contributed by atoms with Crippen LogP contribution in [0.1, 0.15) is 18.0 Å². The molecule has 1 atom stereocenters. The van der Waals surface area contributed by atoms with Gasteiger partial charge in [0.2, 0.25) is 0 Å². The number of fused-ring (bicyclic) bond motifs is 1. The third kappa shape index (κ3) is 1.89. The average molecular weight is 264 g/mol. The molecule has 20 heavy (non-hydrogen) atoms. The Bertz CT molecular complexity index is 741. The lowest BCUT2D eigenvalue weighted by molar-refractivity contribution is 0.736. The summed E-state index contributed by atoms with van der Waals surface area (Å²) >= 11 is 0. The van der Waals surface area contributed by atoms with Crippen LogP contribution in [0, 0.1) is 0 Å². The zero-order valence-corrected chi connectivity index (χ0v) is 11.2. The molecule has 0 saturated carbocycles. The summed E-state index contributed by atoms with van der Waals surface area (Å²) in [5.74, 6) is 0.539. The molecule has 0 radical (unpaired) electrons. The van der Waals surface area contributed by atoms with Gasteiger partial charge in [-0.3, -0.25) is 4.98 Å². The summed E-state index contributed by atoms with van der Waals surface area (Å²) in [6.45, 7) is 2.12. The summed E-state index contributed by atoms with van der Waals surface area (Å²) in [5.41, 5.74) is 4.39. The van der Waals surface area contributed by atoms with Crippen molar-refractivity contribution >= 4 is 5.52 Å². The van der Waals surface area contributed by atoms with E-state index in [1.807, 2.05) is 29.0 Å². The van der Waals surface area contributed by atoms with Gasteiger partial charge < -0.3 is 5.32 Å². The molecule has 100 valence electrons. The van der Waals surface area contributed by atoms with Crippen LogP contribution in [0.15, 0.2) is 48.8 Å². The first-order valence-electron chi connectivity index (χ1n) is 7.02. The lowest BCUT2D eigenvalue weighted by Gasteiger charge is -2.09. The van der Waals surface area contributed by atoms with Crippen LogP contribution in [-0.2, 0) is 0 Å². The number of nitrogens with zero attached hydrogens (tertiary/aromatic N) is 3. The Morgan fingerprint density at radius 3 is 3.05 bits per heavy atom. The van der Waals surface area contributed by atoms with E-state index in [1.165, 1.54) is 12.1 Å². The van der Waals surface area contributed by atoms with Crippen LogP contribution >= 0.6 is 0 Å². The van der Waals surface area contributed by atoms with E-state index in [9.17, 15) is 0 Å². The molecular weight excluding hydrogens is 248 g/mol. The van der Waals surface area contributed by atoms with Gasteiger partial charge in [0, 0.05) is 29.9 Å². The lowest BCUT2D eigenvalue weighted by Crippen LogP contribution is -2.09. The highest BCUT2D eigenvalue weighted by atomic mass is 15.2. The number of pyridine rings is 2.